The molecule has 3 aromatic rings. The molecule has 0 amide bonds. The molecule has 37 heavy (non-hydrogen) atoms. The first kappa shape index (κ1) is 25.0. The van der Waals surface area contributed by atoms with E-state index in [0.29, 0.717) is 48.2 Å². The van der Waals surface area contributed by atoms with Crippen LogP contribution in [0.15, 0.2) is 91.6 Å². The molecule has 6 nitrogen and oxygen atoms in total. The number of rotatable bonds is 7. The van der Waals surface area contributed by atoms with Crippen LogP contribution >= 0.6 is 11.3 Å². The molecular formula is C30H31N3O3S. The number of thiophene rings is 1. The summed E-state index contributed by atoms with van der Waals surface area (Å²) >= 11 is 1.40. The minimum absolute atomic E-state index is 0.0302. The first-order chi connectivity index (χ1) is 18.0. The second kappa shape index (κ2) is 10.7. The number of fused-ring (bicyclic) bond motifs is 1. The molecule has 1 aromatic carbocycles. The van der Waals surface area contributed by atoms with Gasteiger partial charge in [0.05, 0.1) is 18.9 Å². The second-order valence-corrected chi connectivity index (χ2v) is 10.0. The molecule has 3 N–H and O–H groups in total. The number of hydrogen-bond donors (Lipinski definition) is 2. The Morgan fingerprint density at radius 3 is 2.49 bits per heavy atom. The van der Waals surface area contributed by atoms with E-state index in [0.717, 1.165) is 46.4 Å². The number of nitrogens with zero attached hydrogens (tertiary/aromatic N) is 1. The molecule has 5 rings (SSSR count). The van der Waals surface area contributed by atoms with Crippen molar-refractivity contribution in [1.82, 2.24) is 0 Å². The highest BCUT2D eigenvalue weighted by atomic mass is 32.1. The molecule has 0 atom stereocenters. The van der Waals surface area contributed by atoms with Crippen molar-refractivity contribution in [2.75, 3.05) is 31.2 Å². The van der Waals surface area contributed by atoms with Crippen LogP contribution in [0.1, 0.15) is 32.3 Å². The Morgan fingerprint density at radius 1 is 1.11 bits per heavy atom. The van der Waals surface area contributed by atoms with Crippen LogP contribution in [-0.4, -0.2) is 32.0 Å². The number of morpholine rings is 1. The molecule has 0 bridgehead atoms. The van der Waals surface area contributed by atoms with Crippen LogP contribution in [0.5, 0.6) is 0 Å². The molecule has 3 heterocycles. The summed E-state index contributed by atoms with van der Waals surface area (Å²) in [6, 6.07) is 9.44. The fourth-order valence-corrected chi connectivity index (χ4v) is 5.43. The van der Waals surface area contributed by atoms with E-state index in [1.165, 1.54) is 16.9 Å². The van der Waals surface area contributed by atoms with Gasteiger partial charge in [0.1, 0.15) is 4.70 Å². The Labute approximate surface area is 220 Å². The summed E-state index contributed by atoms with van der Waals surface area (Å²) < 4.78 is 12.3. The maximum absolute atomic E-state index is 12.8. The molecule has 0 radical (unpaired) electrons. The fraction of sp³-hybridized carbons (Fsp3) is 0.267. The lowest BCUT2D eigenvalue weighted by atomic mass is 9.92. The van der Waals surface area contributed by atoms with E-state index in [4.69, 9.17) is 20.3 Å². The molecule has 0 spiro atoms. The topological polar surface area (TPSA) is 92.5 Å². The monoisotopic (exact) mass is 513 g/mol. The highest BCUT2D eigenvalue weighted by Crippen LogP contribution is 2.36. The van der Waals surface area contributed by atoms with Gasteiger partial charge in [-0.25, -0.2) is 0 Å². The van der Waals surface area contributed by atoms with E-state index in [-0.39, 0.29) is 5.43 Å². The van der Waals surface area contributed by atoms with Gasteiger partial charge in [0, 0.05) is 52.5 Å². The number of hydrogen-bond acceptors (Lipinski definition) is 7. The predicted octanol–water partition coefficient (Wildman–Crippen LogP) is 6.18. The molecule has 1 aliphatic heterocycles. The largest absolute Gasteiger partial charge is 0.439 e. The smallest absolute Gasteiger partial charge is 0.204 e. The molecule has 190 valence electrons. The number of benzene rings is 1. The van der Waals surface area contributed by atoms with E-state index in [2.05, 4.69) is 4.90 Å². The van der Waals surface area contributed by atoms with Crippen LogP contribution < -0.4 is 16.1 Å². The van der Waals surface area contributed by atoms with Crippen LogP contribution in [0.3, 0.4) is 0 Å². The zero-order chi connectivity index (χ0) is 25.9. The van der Waals surface area contributed by atoms with Gasteiger partial charge in [-0.15, -0.1) is 11.3 Å². The van der Waals surface area contributed by atoms with Crippen LogP contribution in [0.4, 0.5) is 5.88 Å². The zero-order valence-corrected chi connectivity index (χ0v) is 22.0. The Kier molecular flexibility index (Phi) is 7.26. The van der Waals surface area contributed by atoms with Crippen LogP contribution in [0.25, 0.3) is 21.4 Å². The standard InChI is InChI=1S/C30H31N3O3S/c1-3-5-6-23(22(4-2)27(31)20-11-12-20)28(32)21-9-7-19(8-10-21)24-18-37-30-25(34)17-26(36-29(24)30)33-13-15-35-16-14-33/h3-10,17-18,32H,11-16,31H2,1-2H3/b5-3-,22-4+,23-6+,32-28?. The summed E-state index contributed by atoms with van der Waals surface area (Å²) in [4.78, 5) is 14.9. The van der Waals surface area contributed by atoms with Crippen LogP contribution in [0, 0.1) is 5.41 Å². The van der Waals surface area contributed by atoms with E-state index < -0.39 is 0 Å². The number of allylic oxidation sites excluding steroid dienone is 6. The summed E-state index contributed by atoms with van der Waals surface area (Å²) in [7, 11) is 0. The number of nitrogens with two attached hydrogens (primary N) is 1. The lowest BCUT2D eigenvalue weighted by molar-refractivity contribution is 0.121. The van der Waals surface area contributed by atoms with E-state index in [1.54, 1.807) is 6.07 Å². The van der Waals surface area contributed by atoms with E-state index in [1.807, 2.05) is 67.8 Å². The lowest BCUT2D eigenvalue weighted by Crippen LogP contribution is -2.36. The minimum Gasteiger partial charge on any atom is -0.439 e. The maximum Gasteiger partial charge on any atom is 0.204 e. The van der Waals surface area contributed by atoms with Crippen molar-refractivity contribution in [2.45, 2.75) is 26.7 Å². The van der Waals surface area contributed by atoms with Crippen molar-refractivity contribution in [3.63, 3.8) is 0 Å². The third kappa shape index (κ3) is 5.10. The third-order valence-corrected chi connectivity index (χ3v) is 7.69. The Hall–Kier alpha value is -3.68. The highest BCUT2D eigenvalue weighted by molar-refractivity contribution is 7.17. The van der Waals surface area contributed by atoms with Gasteiger partial charge in [-0.05, 0) is 37.8 Å². The average molecular weight is 514 g/mol. The van der Waals surface area contributed by atoms with Gasteiger partial charge >= 0.3 is 0 Å². The summed E-state index contributed by atoms with van der Waals surface area (Å²) in [6.07, 6.45) is 9.89. The first-order valence-electron chi connectivity index (χ1n) is 12.6. The number of nitrogens with one attached hydrogen (secondary N) is 1. The summed E-state index contributed by atoms with van der Waals surface area (Å²) in [6.45, 7) is 6.55. The van der Waals surface area contributed by atoms with Gasteiger partial charge in [0.15, 0.2) is 11.5 Å². The number of anilines is 1. The fourth-order valence-electron chi connectivity index (χ4n) is 4.52. The van der Waals surface area contributed by atoms with Crippen molar-refractivity contribution < 1.29 is 9.15 Å². The van der Waals surface area contributed by atoms with Gasteiger partial charge in [0.25, 0.3) is 0 Å². The maximum atomic E-state index is 12.8. The van der Waals surface area contributed by atoms with E-state index in [9.17, 15) is 4.79 Å². The molecule has 0 unspecified atom stereocenters. The Bertz CT molecular complexity index is 1510. The lowest BCUT2D eigenvalue weighted by Gasteiger charge is -2.27. The van der Waals surface area contributed by atoms with Gasteiger partial charge < -0.3 is 19.8 Å². The Morgan fingerprint density at radius 2 is 1.84 bits per heavy atom. The van der Waals surface area contributed by atoms with Crippen LogP contribution in [0.2, 0.25) is 0 Å². The van der Waals surface area contributed by atoms with Crippen molar-refractivity contribution in [3.8, 4) is 11.1 Å². The molecule has 2 aromatic heterocycles. The number of ether oxygens (including phenoxy) is 1. The zero-order valence-electron chi connectivity index (χ0n) is 21.2. The molecular weight excluding hydrogens is 482 g/mol. The molecule has 2 aliphatic rings. The molecule has 7 heteroatoms. The van der Waals surface area contributed by atoms with Crippen molar-refractivity contribution >= 4 is 33.2 Å². The van der Waals surface area contributed by atoms with E-state index >= 15 is 0 Å². The van der Waals surface area contributed by atoms with Crippen LogP contribution in [-0.2, 0) is 4.74 Å². The van der Waals surface area contributed by atoms with Crippen molar-refractivity contribution in [1.29, 1.82) is 5.41 Å². The van der Waals surface area contributed by atoms with Gasteiger partial charge in [-0.3, -0.25) is 10.2 Å². The first-order valence-corrected chi connectivity index (χ1v) is 13.4. The molecule has 1 saturated carbocycles. The quantitative estimate of drug-likeness (QED) is 0.291. The predicted molar refractivity (Wildman–Crippen MR) is 153 cm³/mol. The minimum atomic E-state index is -0.0302. The Balaban J connectivity index is 1.48. The van der Waals surface area contributed by atoms with Gasteiger partial charge in [0.2, 0.25) is 5.43 Å². The van der Waals surface area contributed by atoms with Gasteiger partial charge in [-0.1, -0.05) is 48.6 Å². The average Bonchev–Trinajstić information content (AvgIpc) is 3.70. The molecule has 2 fully saturated rings. The summed E-state index contributed by atoms with van der Waals surface area (Å²) in [5, 5.41) is 11.0. The summed E-state index contributed by atoms with van der Waals surface area (Å²) in [5.41, 5.74) is 13.8. The molecule has 1 aliphatic carbocycles. The van der Waals surface area contributed by atoms with Crippen molar-refractivity contribution in [2.24, 2.45) is 5.73 Å². The SMILES string of the molecule is C\C=C/C=C(C(=N)c1ccc(-c2csc3c(=O)cc(N4CCOCC4)oc23)cc1)\C(=C/C)C(N)=C1CC1. The third-order valence-electron chi connectivity index (χ3n) is 6.71. The van der Waals surface area contributed by atoms with Crippen molar-refractivity contribution in [3.05, 3.63) is 98.2 Å². The normalized spacial score (nSPS) is 16.6. The highest BCUT2D eigenvalue weighted by Gasteiger charge is 2.22. The second-order valence-electron chi connectivity index (χ2n) is 9.13. The van der Waals surface area contributed by atoms with Gasteiger partial charge in [-0.2, -0.15) is 0 Å². The molecule has 1 saturated heterocycles. The summed E-state index contributed by atoms with van der Waals surface area (Å²) in [5.74, 6) is 0.582.